The first-order valence-electron chi connectivity index (χ1n) is 32.3. The van der Waals surface area contributed by atoms with Crippen molar-refractivity contribution in [3.63, 3.8) is 0 Å². The molecule has 2 N–H and O–H groups in total. The highest BCUT2D eigenvalue weighted by atomic mass is 31.2. The van der Waals surface area contributed by atoms with Gasteiger partial charge in [0.1, 0.15) is 19.3 Å². The summed E-state index contributed by atoms with van der Waals surface area (Å²) in [5, 5.41) is 3.05. The molecule has 448 valence electrons. The van der Waals surface area contributed by atoms with Gasteiger partial charge in [0.25, 0.3) is 0 Å². The number of amides is 1. The number of allylic oxidation sites excluding steroid dienone is 11. The molecule has 3 atom stereocenters. The minimum absolute atomic E-state index is 0.0348. The van der Waals surface area contributed by atoms with Crippen LogP contribution in [-0.2, 0) is 27.9 Å². The number of quaternary nitrogens is 1. The summed E-state index contributed by atoms with van der Waals surface area (Å²) in [7, 11) is 1.48. The van der Waals surface area contributed by atoms with Gasteiger partial charge in [-0.2, -0.15) is 0 Å². The van der Waals surface area contributed by atoms with Crippen LogP contribution in [-0.4, -0.2) is 74.3 Å². The van der Waals surface area contributed by atoms with Crippen molar-refractivity contribution in [3.05, 3.63) is 72.9 Å². The van der Waals surface area contributed by atoms with E-state index in [0.29, 0.717) is 17.4 Å². The SMILES string of the molecule is CCCCC/C=C\C/C=C\C/C=C\C/C=C\CCCCCCCCCCCC(=O)OC(/C=C\CCCCCCCCCCCC)C(COP(=O)(O)OCC[N+](C)(C)C)NC(=O)CCCCC/C=C\CCCCCCCCC. The van der Waals surface area contributed by atoms with Gasteiger partial charge in [-0.15, -0.1) is 0 Å². The average Bonchev–Trinajstić information content (AvgIpc) is 3.39. The van der Waals surface area contributed by atoms with Crippen molar-refractivity contribution < 1.29 is 37.3 Å². The number of likely N-dealkylation sites (N-methyl/N-ethyl adjacent to an activating group) is 1. The fourth-order valence-electron chi connectivity index (χ4n) is 9.10. The van der Waals surface area contributed by atoms with Crippen LogP contribution in [0.2, 0.25) is 0 Å². The molecule has 0 aromatic rings. The zero-order valence-corrected chi connectivity index (χ0v) is 52.1. The molecular formula is C67H124N2O7P+. The summed E-state index contributed by atoms with van der Waals surface area (Å²) < 4.78 is 30.7. The molecule has 0 aromatic carbocycles. The molecule has 9 nitrogen and oxygen atoms in total. The monoisotopic (exact) mass is 1100 g/mol. The maximum atomic E-state index is 13.5. The Kier molecular flexibility index (Phi) is 54.8. The molecule has 0 rings (SSSR count). The molecule has 0 saturated carbocycles. The van der Waals surface area contributed by atoms with Gasteiger partial charge in [-0.25, -0.2) is 4.57 Å². The van der Waals surface area contributed by atoms with Crippen LogP contribution in [0.4, 0.5) is 0 Å². The predicted octanol–water partition coefficient (Wildman–Crippen LogP) is 20.0. The van der Waals surface area contributed by atoms with Crippen LogP contribution in [0.1, 0.15) is 290 Å². The molecule has 0 aromatic heterocycles. The summed E-state index contributed by atoms with van der Waals surface area (Å²) >= 11 is 0. The van der Waals surface area contributed by atoms with Crippen molar-refractivity contribution in [3.8, 4) is 0 Å². The van der Waals surface area contributed by atoms with Crippen molar-refractivity contribution in [1.82, 2.24) is 5.32 Å². The van der Waals surface area contributed by atoms with E-state index in [9.17, 15) is 19.0 Å². The zero-order valence-electron chi connectivity index (χ0n) is 51.2. The largest absolute Gasteiger partial charge is 0.472 e. The summed E-state index contributed by atoms with van der Waals surface area (Å²) in [6.45, 7) is 6.97. The smallest absolute Gasteiger partial charge is 0.456 e. The molecule has 3 unspecified atom stereocenters. The topological polar surface area (TPSA) is 111 Å². The van der Waals surface area contributed by atoms with Gasteiger partial charge in [0.05, 0.1) is 33.8 Å². The number of hydrogen-bond donors (Lipinski definition) is 2. The lowest BCUT2D eigenvalue weighted by Crippen LogP contribution is -2.47. The highest BCUT2D eigenvalue weighted by Gasteiger charge is 2.30. The number of esters is 1. The van der Waals surface area contributed by atoms with E-state index in [4.69, 9.17) is 13.8 Å². The molecule has 1 amide bonds. The molecule has 0 fully saturated rings. The van der Waals surface area contributed by atoms with Crippen LogP contribution >= 0.6 is 7.82 Å². The van der Waals surface area contributed by atoms with Crippen LogP contribution < -0.4 is 5.32 Å². The van der Waals surface area contributed by atoms with Gasteiger partial charge in [0.15, 0.2) is 0 Å². The minimum Gasteiger partial charge on any atom is -0.456 e. The lowest BCUT2D eigenvalue weighted by Gasteiger charge is -2.27. The van der Waals surface area contributed by atoms with E-state index >= 15 is 0 Å². The number of phosphoric acid groups is 1. The molecular weight excluding hydrogens is 976 g/mol. The first kappa shape index (κ1) is 74.5. The maximum Gasteiger partial charge on any atom is 0.472 e. The van der Waals surface area contributed by atoms with Crippen LogP contribution in [0.15, 0.2) is 72.9 Å². The normalized spacial score (nSPS) is 14.1. The Hall–Kier alpha value is -2.55. The Morgan fingerprint density at radius 1 is 0.455 bits per heavy atom. The Bertz CT molecular complexity index is 1550. The van der Waals surface area contributed by atoms with Crippen molar-refractivity contribution in [2.75, 3.05) is 40.9 Å². The van der Waals surface area contributed by atoms with Crippen LogP contribution in [0.3, 0.4) is 0 Å². The Balaban J connectivity index is 5.16. The van der Waals surface area contributed by atoms with E-state index in [1.165, 1.54) is 154 Å². The lowest BCUT2D eigenvalue weighted by molar-refractivity contribution is -0.870. The van der Waals surface area contributed by atoms with Crippen molar-refractivity contribution in [1.29, 1.82) is 0 Å². The Labute approximate surface area is 476 Å². The molecule has 0 heterocycles. The number of ether oxygens (including phenoxy) is 1. The number of phosphoric ester groups is 1. The van der Waals surface area contributed by atoms with Gasteiger partial charge < -0.3 is 19.4 Å². The van der Waals surface area contributed by atoms with Crippen molar-refractivity contribution >= 4 is 19.7 Å². The quantitative estimate of drug-likeness (QED) is 0.0205. The Morgan fingerprint density at radius 2 is 0.792 bits per heavy atom. The van der Waals surface area contributed by atoms with E-state index in [2.05, 4.69) is 86.8 Å². The molecule has 0 aliphatic rings. The number of unbranched alkanes of at least 4 members (excludes halogenated alkanes) is 32. The predicted molar refractivity (Wildman–Crippen MR) is 332 cm³/mol. The molecule has 0 aliphatic carbocycles. The highest BCUT2D eigenvalue weighted by Crippen LogP contribution is 2.43. The van der Waals surface area contributed by atoms with Crippen molar-refractivity contribution in [2.45, 2.75) is 303 Å². The third-order valence-electron chi connectivity index (χ3n) is 14.1. The fourth-order valence-corrected chi connectivity index (χ4v) is 9.83. The number of rotatable bonds is 58. The van der Waals surface area contributed by atoms with E-state index in [1.54, 1.807) is 0 Å². The molecule has 0 aliphatic heterocycles. The number of nitrogens with one attached hydrogen (secondary N) is 1. The molecule has 0 spiro atoms. The first-order valence-corrected chi connectivity index (χ1v) is 33.8. The van der Waals surface area contributed by atoms with Crippen molar-refractivity contribution in [2.24, 2.45) is 0 Å². The second-order valence-corrected chi connectivity index (χ2v) is 24.4. The number of carbonyl (C=O) groups excluding carboxylic acids is 2. The number of hydrogen-bond acceptors (Lipinski definition) is 6. The minimum atomic E-state index is -4.45. The third kappa shape index (κ3) is 57.9. The van der Waals surface area contributed by atoms with Gasteiger partial charge in [0.2, 0.25) is 5.91 Å². The van der Waals surface area contributed by atoms with E-state index in [0.717, 1.165) is 103 Å². The lowest BCUT2D eigenvalue weighted by atomic mass is 10.0. The first-order chi connectivity index (χ1) is 37.4. The summed E-state index contributed by atoms with van der Waals surface area (Å²) in [4.78, 5) is 37.7. The molecule has 0 radical (unpaired) electrons. The summed E-state index contributed by atoms with van der Waals surface area (Å²) in [6, 6.07) is -0.860. The third-order valence-corrected chi connectivity index (χ3v) is 15.1. The van der Waals surface area contributed by atoms with Gasteiger partial charge in [-0.3, -0.25) is 18.6 Å². The summed E-state index contributed by atoms with van der Waals surface area (Å²) in [6.07, 6.45) is 73.3. The fraction of sp³-hybridized carbons (Fsp3) is 0.791. The maximum absolute atomic E-state index is 13.5. The van der Waals surface area contributed by atoms with Crippen LogP contribution in [0.25, 0.3) is 0 Å². The zero-order chi connectivity index (χ0) is 56.4. The molecule has 77 heavy (non-hydrogen) atoms. The average molecular weight is 1100 g/mol. The Morgan fingerprint density at radius 3 is 1.23 bits per heavy atom. The second kappa shape index (κ2) is 56.7. The summed E-state index contributed by atoms with van der Waals surface area (Å²) in [5.41, 5.74) is 0. The van der Waals surface area contributed by atoms with Gasteiger partial charge >= 0.3 is 13.8 Å². The highest BCUT2D eigenvalue weighted by molar-refractivity contribution is 7.47. The standard InChI is InChI=1S/C67H123N2O7P/c1-7-10-13-16-19-22-25-28-30-31-32-33-34-35-36-37-38-39-40-42-45-48-51-54-57-60-67(71)76-65(58-55-52-49-46-43-27-24-21-18-15-12-9-3)64(63-75-77(72,73)74-62-61-69(4,5)6)68-66(70)59-56-53-50-47-44-41-29-26-23-20-17-14-11-8-2/h19,22,28,30,32-33,35-36,41,44,55,58,64-65H,7-18,20-21,23-27,29,31,34,37-40,42-43,45-54,56-57,59-63H2,1-6H3,(H-,68,70,72,73)/p+1/b22-19-,30-28-,33-32-,36-35-,44-41-,58-55-. The van der Waals surface area contributed by atoms with Gasteiger partial charge in [-0.1, -0.05) is 248 Å². The van der Waals surface area contributed by atoms with Gasteiger partial charge in [0, 0.05) is 12.8 Å². The number of carbonyl (C=O) groups is 2. The van der Waals surface area contributed by atoms with E-state index in [1.807, 2.05) is 33.3 Å². The van der Waals surface area contributed by atoms with E-state index < -0.39 is 20.0 Å². The summed E-state index contributed by atoms with van der Waals surface area (Å²) in [5.74, 6) is -0.527. The number of nitrogens with zero attached hydrogens (tertiary/aromatic N) is 1. The van der Waals surface area contributed by atoms with Crippen LogP contribution in [0.5, 0.6) is 0 Å². The van der Waals surface area contributed by atoms with Crippen LogP contribution in [0, 0.1) is 0 Å². The molecule has 0 saturated heterocycles. The van der Waals surface area contributed by atoms with E-state index in [-0.39, 0.29) is 31.5 Å². The molecule has 10 heteroatoms. The second-order valence-electron chi connectivity index (χ2n) is 22.9. The molecule has 0 bridgehead atoms. The van der Waals surface area contributed by atoms with Gasteiger partial charge in [-0.05, 0) is 102 Å².